The van der Waals surface area contributed by atoms with Crippen molar-refractivity contribution in [2.24, 2.45) is 11.8 Å². The molecule has 0 amide bonds. The number of likely N-dealkylation sites (tertiary alicyclic amines) is 1. The number of hydrogen-bond donors (Lipinski definition) is 0. The third kappa shape index (κ3) is 6.12. The molecular formula is C14H30N2S. The summed E-state index contributed by atoms with van der Waals surface area (Å²) in [5, 5.41) is 0. The van der Waals surface area contributed by atoms with Crippen molar-refractivity contribution in [2.45, 2.75) is 33.1 Å². The van der Waals surface area contributed by atoms with Gasteiger partial charge in [0.15, 0.2) is 0 Å². The Hall–Kier alpha value is 0.270. The summed E-state index contributed by atoms with van der Waals surface area (Å²) in [5.74, 6) is 3.02. The lowest BCUT2D eigenvalue weighted by molar-refractivity contribution is 0.153. The highest BCUT2D eigenvalue weighted by Crippen LogP contribution is 2.24. The number of piperidine rings is 1. The largest absolute Gasteiger partial charge is 0.303 e. The molecule has 17 heavy (non-hydrogen) atoms. The van der Waals surface area contributed by atoms with Crippen LogP contribution in [0.3, 0.4) is 0 Å². The molecule has 0 saturated carbocycles. The maximum absolute atomic E-state index is 2.66. The van der Waals surface area contributed by atoms with Crippen molar-refractivity contribution < 1.29 is 0 Å². The first kappa shape index (κ1) is 15.3. The van der Waals surface area contributed by atoms with E-state index in [1.807, 2.05) is 11.8 Å². The number of nitrogens with zero attached hydrogens (tertiary/aromatic N) is 2. The average molecular weight is 258 g/mol. The van der Waals surface area contributed by atoms with Gasteiger partial charge in [-0.05, 0) is 70.6 Å². The lowest BCUT2D eigenvalue weighted by Gasteiger charge is -2.34. The molecule has 0 unspecified atom stereocenters. The van der Waals surface area contributed by atoms with Gasteiger partial charge in [0.1, 0.15) is 0 Å². The Labute approximate surface area is 112 Å². The highest BCUT2D eigenvalue weighted by molar-refractivity contribution is 7.98. The van der Waals surface area contributed by atoms with Crippen LogP contribution in [0, 0.1) is 11.8 Å². The highest BCUT2D eigenvalue weighted by Gasteiger charge is 2.20. The predicted molar refractivity (Wildman–Crippen MR) is 79.6 cm³/mol. The van der Waals surface area contributed by atoms with Gasteiger partial charge in [0, 0.05) is 5.88 Å². The van der Waals surface area contributed by atoms with Gasteiger partial charge in [0.25, 0.3) is 0 Å². The van der Waals surface area contributed by atoms with E-state index in [4.69, 9.17) is 0 Å². The van der Waals surface area contributed by atoms with Gasteiger partial charge in [-0.2, -0.15) is 0 Å². The fraction of sp³-hybridized carbons (Fsp3) is 1.00. The number of hydrogen-bond acceptors (Lipinski definition) is 3. The van der Waals surface area contributed by atoms with Crippen LogP contribution in [0.2, 0.25) is 0 Å². The quantitative estimate of drug-likeness (QED) is 0.648. The zero-order valence-corrected chi connectivity index (χ0v) is 12.9. The maximum atomic E-state index is 2.66. The minimum absolute atomic E-state index is 0.880. The molecule has 2 nitrogen and oxygen atoms in total. The molecule has 0 radical (unpaired) electrons. The lowest BCUT2D eigenvalue weighted by atomic mass is 9.87. The molecule has 0 N–H and O–H groups in total. The molecule has 3 heteroatoms. The van der Waals surface area contributed by atoms with Gasteiger partial charge in [-0.1, -0.05) is 13.8 Å². The first-order valence-corrected chi connectivity index (χ1v) is 8.42. The molecule has 0 aromatic heterocycles. The number of rotatable bonds is 7. The zero-order valence-electron chi connectivity index (χ0n) is 12.1. The molecule has 1 saturated heterocycles. The highest BCUT2D eigenvalue weighted by atomic mass is 32.2. The molecule has 102 valence electrons. The van der Waals surface area contributed by atoms with Crippen molar-refractivity contribution in [1.29, 1.82) is 0 Å². The van der Waals surface area contributed by atoms with E-state index < -0.39 is 0 Å². The molecular weight excluding hydrogens is 228 g/mol. The molecule has 1 aliphatic rings. The molecule has 0 aliphatic carbocycles. The van der Waals surface area contributed by atoms with Crippen molar-refractivity contribution in [3.63, 3.8) is 0 Å². The summed E-state index contributed by atoms with van der Waals surface area (Å²) in [6.45, 7) is 9.94. The lowest BCUT2D eigenvalue weighted by Crippen LogP contribution is -2.36. The smallest absolute Gasteiger partial charge is 0.0438 e. The van der Waals surface area contributed by atoms with Crippen LogP contribution < -0.4 is 0 Å². The van der Waals surface area contributed by atoms with Crippen LogP contribution in [0.25, 0.3) is 0 Å². The van der Waals surface area contributed by atoms with Crippen molar-refractivity contribution >= 4 is 11.8 Å². The van der Waals surface area contributed by atoms with E-state index in [0.717, 1.165) is 17.7 Å². The summed E-state index contributed by atoms with van der Waals surface area (Å²) in [6, 6.07) is 0. The summed E-state index contributed by atoms with van der Waals surface area (Å²) in [7, 11) is 2.22. The summed E-state index contributed by atoms with van der Waals surface area (Å²) >= 11 is 1.91. The molecule has 0 bridgehead atoms. The Morgan fingerprint density at radius 3 is 2.47 bits per heavy atom. The second-order valence-corrected chi connectivity index (χ2v) is 6.61. The van der Waals surface area contributed by atoms with Crippen LogP contribution in [0.15, 0.2) is 0 Å². The van der Waals surface area contributed by atoms with Crippen LogP contribution >= 0.6 is 11.8 Å². The zero-order chi connectivity index (χ0) is 12.7. The summed E-state index contributed by atoms with van der Waals surface area (Å²) in [5.41, 5.74) is 0. The Bertz CT molecular complexity index is 189. The second-order valence-electron chi connectivity index (χ2n) is 5.77. The van der Waals surface area contributed by atoms with E-state index in [1.54, 1.807) is 0 Å². The topological polar surface area (TPSA) is 6.48 Å². The summed E-state index contributed by atoms with van der Waals surface area (Å²) in [4.78, 5) is 5.08. The van der Waals surface area contributed by atoms with E-state index in [1.165, 1.54) is 45.4 Å². The van der Waals surface area contributed by atoms with Gasteiger partial charge < -0.3 is 4.90 Å². The van der Waals surface area contributed by atoms with E-state index in [0.29, 0.717) is 0 Å². The minimum atomic E-state index is 0.880. The standard InChI is InChI=1S/C14H30N2S/c1-13(2)14-6-10-16(11-7-14)9-5-8-15(3)12-17-4/h13-14H,5-12H2,1-4H3. The summed E-state index contributed by atoms with van der Waals surface area (Å²) in [6.07, 6.45) is 6.33. The van der Waals surface area contributed by atoms with Crippen LogP contribution in [0.5, 0.6) is 0 Å². The van der Waals surface area contributed by atoms with Crippen molar-refractivity contribution in [3.05, 3.63) is 0 Å². The molecule has 0 spiro atoms. The van der Waals surface area contributed by atoms with Gasteiger partial charge in [0.05, 0.1) is 0 Å². The first-order chi connectivity index (χ1) is 8.13. The van der Waals surface area contributed by atoms with E-state index in [2.05, 4.69) is 37.0 Å². The Kier molecular flexibility index (Phi) is 7.56. The van der Waals surface area contributed by atoms with Gasteiger partial charge in [0.2, 0.25) is 0 Å². The third-order valence-electron chi connectivity index (χ3n) is 3.94. The van der Waals surface area contributed by atoms with Gasteiger partial charge >= 0.3 is 0 Å². The van der Waals surface area contributed by atoms with E-state index >= 15 is 0 Å². The molecule has 1 aliphatic heterocycles. The van der Waals surface area contributed by atoms with Crippen molar-refractivity contribution in [2.75, 3.05) is 45.4 Å². The SMILES string of the molecule is CSCN(C)CCCN1CCC(C(C)C)CC1. The number of thioether (sulfide) groups is 1. The van der Waals surface area contributed by atoms with Gasteiger partial charge in [-0.25, -0.2) is 0 Å². The monoisotopic (exact) mass is 258 g/mol. The van der Waals surface area contributed by atoms with Gasteiger partial charge in [-0.15, -0.1) is 11.8 Å². The Balaban J connectivity index is 2.06. The van der Waals surface area contributed by atoms with Crippen molar-refractivity contribution in [3.8, 4) is 0 Å². The third-order valence-corrected chi connectivity index (χ3v) is 4.64. The fourth-order valence-electron chi connectivity index (χ4n) is 2.69. The summed E-state index contributed by atoms with van der Waals surface area (Å²) < 4.78 is 0. The minimum Gasteiger partial charge on any atom is -0.303 e. The predicted octanol–water partition coefficient (Wildman–Crippen LogP) is 3.00. The molecule has 1 heterocycles. The normalized spacial score (nSPS) is 19.4. The molecule has 0 atom stereocenters. The Morgan fingerprint density at radius 2 is 1.94 bits per heavy atom. The van der Waals surface area contributed by atoms with Crippen LogP contribution in [0.1, 0.15) is 33.1 Å². The molecule has 0 aromatic rings. The van der Waals surface area contributed by atoms with E-state index in [9.17, 15) is 0 Å². The molecule has 0 aromatic carbocycles. The first-order valence-electron chi connectivity index (χ1n) is 7.03. The molecule has 1 rings (SSSR count). The van der Waals surface area contributed by atoms with Gasteiger partial charge in [-0.3, -0.25) is 4.90 Å². The average Bonchev–Trinajstić information content (AvgIpc) is 2.30. The van der Waals surface area contributed by atoms with E-state index in [-0.39, 0.29) is 0 Å². The Morgan fingerprint density at radius 1 is 1.29 bits per heavy atom. The second kappa shape index (κ2) is 8.39. The van der Waals surface area contributed by atoms with Crippen LogP contribution in [-0.2, 0) is 0 Å². The molecule has 1 fully saturated rings. The van der Waals surface area contributed by atoms with Crippen LogP contribution in [-0.4, -0.2) is 55.2 Å². The fourth-order valence-corrected chi connectivity index (χ4v) is 3.26. The van der Waals surface area contributed by atoms with Crippen LogP contribution in [0.4, 0.5) is 0 Å². The maximum Gasteiger partial charge on any atom is 0.0438 e. The van der Waals surface area contributed by atoms with Crippen molar-refractivity contribution in [1.82, 2.24) is 9.80 Å².